The maximum Gasteiger partial charge on any atom is 0.303 e. The van der Waals surface area contributed by atoms with Gasteiger partial charge >= 0.3 is 29.8 Å². The van der Waals surface area contributed by atoms with Crippen molar-refractivity contribution in [3.05, 3.63) is 0 Å². The third-order valence-electron chi connectivity index (χ3n) is 25.8. The first-order valence-corrected chi connectivity index (χ1v) is 54.4. The van der Waals surface area contributed by atoms with Crippen molar-refractivity contribution >= 4 is 29.8 Å². The van der Waals surface area contributed by atoms with Crippen molar-refractivity contribution in [2.45, 2.75) is 574 Å². The summed E-state index contributed by atoms with van der Waals surface area (Å²) in [6, 6.07) is 0. The SMILES string of the molecule is CCCCCC(O)C1CC(OCC(O)CO)C(CCCCCCCC(=O)O)O1.CCCCCC(OCC(O)CO)C1CC(O)C(CCCCCCCC(=O)O)O1.CCCCCC1OC(C(CCCCCCCC(=O)O)OCC(O)CO)CC1O.CCCCCCCCC(O)C(CCCCCCCC(=O)O)OCC(O)CO.CCCCCCCCC(OCC(O)CO)C(O)CCCCCCCC(=O)O. The van der Waals surface area contributed by atoms with Crippen molar-refractivity contribution in [3.8, 4) is 0 Å². The zero-order valence-corrected chi connectivity index (χ0v) is 86.2. The number of rotatable bonds is 91. The van der Waals surface area contributed by atoms with Crippen LogP contribution in [0.4, 0.5) is 0 Å². The maximum absolute atomic E-state index is 10.5. The van der Waals surface area contributed by atoms with E-state index in [0.717, 1.165) is 263 Å². The number of hydrogen-bond acceptors (Lipinski definition) is 28. The molecule has 0 spiro atoms. The van der Waals surface area contributed by atoms with Gasteiger partial charge in [-0.25, -0.2) is 0 Å². The molecular weight excluding hydrogens is 1790 g/mol. The highest BCUT2D eigenvalue weighted by Gasteiger charge is 2.42. The van der Waals surface area contributed by atoms with Crippen LogP contribution in [0.1, 0.15) is 446 Å². The van der Waals surface area contributed by atoms with E-state index in [9.17, 15) is 75.0 Å². The number of unbranched alkanes of at least 4 members (excludes halogenated alkanes) is 36. The van der Waals surface area contributed by atoms with Gasteiger partial charge < -0.3 is 140 Å². The van der Waals surface area contributed by atoms with E-state index in [1.807, 2.05) is 0 Å². The maximum atomic E-state index is 10.5. The minimum absolute atomic E-state index is 0.0351. The van der Waals surface area contributed by atoms with E-state index in [2.05, 4.69) is 34.6 Å². The fraction of sp³-hybridized carbons (Fsp3) is 0.952. The Bertz CT molecular complexity index is 2700. The number of aliphatic hydroxyl groups is 15. The minimum Gasteiger partial charge on any atom is -0.481 e. The molecule has 33 heteroatoms. The standard InChI is InChI=1S/3C21H40O7.2C21H42O6/c1-2-3-7-11-19(27-15-16(23)14-22)20-13-17(24)18(28-20)10-8-5-4-6-9-12-21(25)26;1-2-3-7-10-18-17(24)13-20(28-18)19(27-15-16(23)14-22)11-8-5-4-6-9-12-21(25)26;1-2-3-7-10-17(24)19-13-20(27-15-16(23)14-22)18(28-19)11-8-5-4-6-9-12-21(25)26;1-2-3-4-5-8-11-14-20(27-17-18(23)16-22)19(24)13-10-7-6-9-12-15-21(25)26;1-2-3-4-5-7-10-13-19(24)20(27-17-18(23)16-22)14-11-8-6-9-12-15-21(25)26/h3*16-20,22-24H,2-15H2,1H3,(H,25,26);2*18-20,22-24H,2-17H2,1H3,(H,25,26). The number of carboxylic acids is 5. The van der Waals surface area contributed by atoms with Gasteiger partial charge in [-0.1, -0.05) is 298 Å². The van der Waals surface area contributed by atoms with Crippen LogP contribution in [0, 0.1) is 0 Å². The van der Waals surface area contributed by atoms with E-state index in [1.54, 1.807) is 0 Å². The number of ether oxygens (including phenoxy) is 8. The second-order valence-electron chi connectivity index (χ2n) is 38.8. The van der Waals surface area contributed by atoms with Crippen LogP contribution >= 0.6 is 0 Å². The third-order valence-corrected chi connectivity index (χ3v) is 25.8. The van der Waals surface area contributed by atoms with Gasteiger partial charge in [0.05, 0.1) is 164 Å². The van der Waals surface area contributed by atoms with Crippen LogP contribution < -0.4 is 0 Å². The average Bonchev–Trinajstić information content (AvgIpc) is 1.72. The van der Waals surface area contributed by atoms with Crippen molar-refractivity contribution in [2.75, 3.05) is 66.1 Å². The van der Waals surface area contributed by atoms with Gasteiger partial charge in [0, 0.05) is 51.4 Å². The molecule has 33 nitrogen and oxygen atoms in total. The Morgan fingerprint density at radius 2 is 0.507 bits per heavy atom. The van der Waals surface area contributed by atoms with Crippen molar-refractivity contribution in [1.29, 1.82) is 0 Å². The van der Waals surface area contributed by atoms with Crippen molar-refractivity contribution in [1.82, 2.24) is 0 Å². The van der Waals surface area contributed by atoms with Crippen LogP contribution in [0.5, 0.6) is 0 Å². The molecule has 0 radical (unpaired) electrons. The number of carboxylic acid groups (broad SMARTS) is 5. The predicted molar refractivity (Wildman–Crippen MR) is 532 cm³/mol. The lowest BCUT2D eigenvalue weighted by molar-refractivity contribution is -0.138. The van der Waals surface area contributed by atoms with E-state index >= 15 is 0 Å². The minimum atomic E-state index is -0.912. The summed E-state index contributed by atoms with van der Waals surface area (Å²) in [6.07, 6.45) is 47.4. The molecular formula is C105H204O33. The van der Waals surface area contributed by atoms with Gasteiger partial charge in [-0.3, -0.25) is 24.0 Å². The first-order valence-electron chi connectivity index (χ1n) is 54.4. The van der Waals surface area contributed by atoms with E-state index in [4.69, 9.17) is 89.0 Å². The molecule has 138 heavy (non-hydrogen) atoms. The van der Waals surface area contributed by atoms with Crippen molar-refractivity contribution < 1.29 is 164 Å². The summed E-state index contributed by atoms with van der Waals surface area (Å²) in [5, 5.41) is 188. The van der Waals surface area contributed by atoms with Crippen LogP contribution in [0.25, 0.3) is 0 Å². The molecule has 0 saturated carbocycles. The molecule has 0 aliphatic carbocycles. The molecule has 0 aromatic rings. The Kier molecular flexibility index (Phi) is 94.6. The smallest absolute Gasteiger partial charge is 0.303 e. The summed E-state index contributed by atoms with van der Waals surface area (Å²) in [6.45, 7) is 9.38. The molecule has 3 fully saturated rings. The zero-order chi connectivity index (χ0) is 103. The van der Waals surface area contributed by atoms with Gasteiger partial charge in [-0.2, -0.15) is 0 Å². The summed E-state index contributed by atoms with van der Waals surface area (Å²) >= 11 is 0. The Morgan fingerprint density at radius 1 is 0.268 bits per heavy atom. The fourth-order valence-corrected chi connectivity index (χ4v) is 17.3. The summed E-state index contributed by atoms with van der Waals surface area (Å²) in [7, 11) is 0. The molecule has 21 atom stereocenters. The van der Waals surface area contributed by atoms with Gasteiger partial charge in [0.15, 0.2) is 0 Å². The number of aliphatic hydroxyl groups excluding tert-OH is 15. The van der Waals surface area contributed by atoms with E-state index in [1.165, 1.54) is 51.4 Å². The summed E-state index contributed by atoms with van der Waals surface area (Å²) < 4.78 is 47.1. The molecule has 21 unspecified atom stereocenters. The van der Waals surface area contributed by atoms with Gasteiger partial charge in [-0.15, -0.1) is 0 Å². The Morgan fingerprint density at radius 3 is 0.833 bits per heavy atom. The molecule has 3 heterocycles. The van der Waals surface area contributed by atoms with Crippen LogP contribution in [-0.2, 0) is 61.9 Å². The number of hydrogen-bond donors (Lipinski definition) is 20. The van der Waals surface area contributed by atoms with Gasteiger partial charge in [0.2, 0.25) is 0 Å². The number of aliphatic carboxylic acids is 5. The first-order chi connectivity index (χ1) is 66.4. The van der Waals surface area contributed by atoms with E-state index in [0.29, 0.717) is 64.2 Å². The monoisotopic (exact) mass is 1990 g/mol. The van der Waals surface area contributed by atoms with Crippen LogP contribution in [0.15, 0.2) is 0 Å². The summed E-state index contributed by atoms with van der Waals surface area (Å²) in [4.78, 5) is 52.5. The van der Waals surface area contributed by atoms with Crippen molar-refractivity contribution in [2.24, 2.45) is 0 Å². The third kappa shape index (κ3) is 80.6. The topological polar surface area (TPSA) is 564 Å². The second-order valence-corrected chi connectivity index (χ2v) is 38.8. The second kappa shape index (κ2) is 95.6. The molecule has 20 N–H and O–H groups in total. The normalized spacial score (nSPS) is 20.6. The number of carbonyl (C=O) groups is 5. The molecule has 0 aromatic heterocycles. The Hall–Kier alpha value is -3.57. The average molecular weight is 1990 g/mol. The van der Waals surface area contributed by atoms with Gasteiger partial charge in [0.25, 0.3) is 0 Å². The Balaban J connectivity index is 0. The molecule has 3 aliphatic heterocycles. The summed E-state index contributed by atoms with van der Waals surface area (Å²) in [5.41, 5.74) is 0. The quantitative estimate of drug-likeness (QED) is 0.0251. The van der Waals surface area contributed by atoms with E-state index < -0.39 is 90.9 Å². The molecule has 0 bridgehead atoms. The molecule has 822 valence electrons. The zero-order valence-electron chi connectivity index (χ0n) is 86.2. The highest BCUT2D eigenvalue weighted by Crippen LogP contribution is 2.35. The fourth-order valence-electron chi connectivity index (χ4n) is 17.3. The van der Waals surface area contributed by atoms with Gasteiger partial charge in [-0.05, 0) is 96.3 Å². The lowest BCUT2D eigenvalue weighted by atomic mass is 9.99. The van der Waals surface area contributed by atoms with Crippen LogP contribution in [0.3, 0.4) is 0 Å². The van der Waals surface area contributed by atoms with E-state index in [-0.39, 0.29) is 165 Å². The highest BCUT2D eigenvalue weighted by molar-refractivity contribution is 5.67. The van der Waals surface area contributed by atoms with Crippen LogP contribution in [0.2, 0.25) is 0 Å². The van der Waals surface area contributed by atoms with Crippen LogP contribution in [-0.4, -0.2) is 326 Å². The lowest BCUT2D eigenvalue weighted by Gasteiger charge is -2.25. The predicted octanol–water partition coefficient (Wildman–Crippen LogP) is 15.2. The summed E-state index contributed by atoms with van der Waals surface area (Å²) in [5.74, 6) is -3.72. The molecule has 0 amide bonds. The highest BCUT2D eigenvalue weighted by atomic mass is 16.6. The molecule has 3 aliphatic rings. The molecule has 0 aromatic carbocycles. The largest absolute Gasteiger partial charge is 0.481 e. The Labute approximate surface area is 829 Å². The lowest BCUT2D eigenvalue weighted by Crippen LogP contribution is -2.33. The first kappa shape index (κ1) is 136. The van der Waals surface area contributed by atoms with Crippen molar-refractivity contribution in [3.63, 3.8) is 0 Å². The van der Waals surface area contributed by atoms with Gasteiger partial charge in [0.1, 0.15) is 30.5 Å². The molecule has 3 rings (SSSR count). The molecule has 3 saturated heterocycles.